The van der Waals surface area contributed by atoms with Crippen LogP contribution in [-0.4, -0.2) is 46.9 Å². The number of likely N-dealkylation sites (tertiary alicyclic amines) is 1. The lowest BCUT2D eigenvalue weighted by Gasteiger charge is -2.36. The van der Waals surface area contributed by atoms with Gasteiger partial charge in [0.15, 0.2) is 0 Å². The summed E-state index contributed by atoms with van der Waals surface area (Å²) in [6.07, 6.45) is 1.45. The van der Waals surface area contributed by atoms with E-state index in [0.29, 0.717) is 18.4 Å². The van der Waals surface area contributed by atoms with Crippen molar-refractivity contribution < 1.29 is 19.5 Å². The third-order valence-electron chi connectivity index (χ3n) is 4.28. The second-order valence-electron chi connectivity index (χ2n) is 6.02. The highest BCUT2D eigenvalue weighted by molar-refractivity contribution is 9.10. The zero-order valence-electron chi connectivity index (χ0n) is 13.5. The fourth-order valence-electron chi connectivity index (χ4n) is 2.79. The first-order chi connectivity index (χ1) is 11.4. The largest absolute Gasteiger partial charge is 0.481 e. The summed E-state index contributed by atoms with van der Waals surface area (Å²) in [6.45, 7) is 2.40. The molecule has 2 N–H and O–H groups in total. The number of piperidine rings is 1. The molecule has 24 heavy (non-hydrogen) atoms. The van der Waals surface area contributed by atoms with E-state index in [0.717, 1.165) is 4.47 Å². The lowest BCUT2D eigenvalue weighted by molar-refractivity contribution is -0.147. The first kappa shape index (κ1) is 18.4. The first-order valence-corrected chi connectivity index (χ1v) is 8.74. The van der Waals surface area contributed by atoms with Crippen molar-refractivity contribution in [2.75, 3.05) is 13.1 Å². The smallest absolute Gasteiger partial charge is 0.308 e. The van der Waals surface area contributed by atoms with Crippen LogP contribution in [0, 0.1) is 5.92 Å². The zero-order valence-corrected chi connectivity index (χ0v) is 15.1. The number of carbonyl (C=O) groups is 3. The molecule has 1 fully saturated rings. The van der Waals surface area contributed by atoms with Gasteiger partial charge in [-0.15, -0.1) is 0 Å². The van der Waals surface area contributed by atoms with Gasteiger partial charge in [-0.05, 0) is 44.0 Å². The van der Waals surface area contributed by atoms with E-state index in [4.69, 9.17) is 5.11 Å². The van der Waals surface area contributed by atoms with Gasteiger partial charge in [-0.2, -0.15) is 0 Å². The highest BCUT2D eigenvalue weighted by Gasteiger charge is 2.32. The summed E-state index contributed by atoms with van der Waals surface area (Å²) in [5.74, 6) is -1.71. The molecular weight excluding hydrogens is 376 g/mol. The Bertz CT molecular complexity index is 618. The van der Waals surface area contributed by atoms with Gasteiger partial charge in [0.25, 0.3) is 5.91 Å². The number of carboxylic acids is 1. The van der Waals surface area contributed by atoms with Gasteiger partial charge in [-0.1, -0.05) is 15.9 Å². The SMILES string of the molecule is CC1CCC(C(=O)O)CN1C(=O)CCNC(=O)c1ccc(Br)cc1. The van der Waals surface area contributed by atoms with Crippen LogP contribution in [0.4, 0.5) is 0 Å². The monoisotopic (exact) mass is 396 g/mol. The number of hydrogen-bond donors (Lipinski definition) is 2. The minimum absolute atomic E-state index is 0.0373. The van der Waals surface area contributed by atoms with Crippen molar-refractivity contribution in [1.29, 1.82) is 0 Å². The van der Waals surface area contributed by atoms with Gasteiger partial charge in [0, 0.05) is 35.6 Å². The van der Waals surface area contributed by atoms with Crippen LogP contribution in [0.1, 0.15) is 36.5 Å². The molecule has 0 saturated carbocycles. The van der Waals surface area contributed by atoms with Gasteiger partial charge < -0.3 is 15.3 Å². The Balaban J connectivity index is 1.82. The Morgan fingerprint density at radius 3 is 2.54 bits per heavy atom. The molecule has 2 atom stereocenters. The normalized spacial score (nSPS) is 20.5. The Kier molecular flexibility index (Phi) is 6.36. The summed E-state index contributed by atoms with van der Waals surface area (Å²) in [6, 6.07) is 7.00. The molecule has 0 aliphatic carbocycles. The number of hydrogen-bond acceptors (Lipinski definition) is 3. The molecule has 2 rings (SSSR count). The second-order valence-corrected chi connectivity index (χ2v) is 6.94. The van der Waals surface area contributed by atoms with Crippen molar-refractivity contribution in [3.63, 3.8) is 0 Å². The molecule has 1 heterocycles. The number of carboxylic acid groups (broad SMARTS) is 1. The number of amides is 2. The molecule has 1 aliphatic heterocycles. The summed E-state index contributed by atoms with van der Waals surface area (Å²) < 4.78 is 0.890. The van der Waals surface area contributed by atoms with Crippen LogP contribution in [0.25, 0.3) is 0 Å². The van der Waals surface area contributed by atoms with Crippen LogP contribution in [-0.2, 0) is 9.59 Å². The Morgan fingerprint density at radius 2 is 1.92 bits per heavy atom. The van der Waals surface area contributed by atoms with Gasteiger partial charge in [-0.3, -0.25) is 14.4 Å². The van der Waals surface area contributed by atoms with E-state index >= 15 is 0 Å². The molecule has 1 aromatic rings. The standard InChI is InChI=1S/C17H21BrN2O4/c1-11-2-3-13(17(23)24)10-20(11)15(21)8-9-19-16(22)12-4-6-14(18)7-5-12/h4-7,11,13H,2-3,8-10H2,1H3,(H,19,22)(H,23,24). The van der Waals surface area contributed by atoms with E-state index in [-0.39, 0.29) is 37.4 Å². The molecule has 2 amide bonds. The van der Waals surface area contributed by atoms with Gasteiger partial charge >= 0.3 is 5.97 Å². The van der Waals surface area contributed by atoms with E-state index < -0.39 is 11.9 Å². The third kappa shape index (κ3) is 4.80. The van der Waals surface area contributed by atoms with Crippen LogP contribution in [0.3, 0.4) is 0 Å². The molecule has 1 saturated heterocycles. The van der Waals surface area contributed by atoms with Gasteiger partial charge in [-0.25, -0.2) is 0 Å². The Hall–Kier alpha value is -1.89. The molecule has 1 aliphatic rings. The number of nitrogens with zero attached hydrogens (tertiary/aromatic N) is 1. The van der Waals surface area contributed by atoms with Crippen LogP contribution >= 0.6 is 15.9 Å². The van der Waals surface area contributed by atoms with Crippen molar-refractivity contribution in [3.8, 4) is 0 Å². The summed E-state index contributed by atoms with van der Waals surface area (Å²) in [4.78, 5) is 37.0. The summed E-state index contributed by atoms with van der Waals surface area (Å²) in [5, 5.41) is 11.8. The molecule has 2 unspecified atom stereocenters. The number of carbonyl (C=O) groups excluding carboxylic acids is 2. The number of aliphatic carboxylic acids is 1. The number of benzene rings is 1. The highest BCUT2D eigenvalue weighted by atomic mass is 79.9. The average molecular weight is 397 g/mol. The van der Waals surface area contributed by atoms with E-state index in [1.165, 1.54) is 0 Å². The minimum Gasteiger partial charge on any atom is -0.481 e. The van der Waals surface area contributed by atoms with Gasteiger partial charge in [0.1, 0.15) is 0 Å². The average Bonchev–Trinajstić information content (AvgIpc) is 2.55. The molecule has 130 valence electrons. The lowest BCUT2D eigenvalue weighted by atomic mass is 9.93. The minimum atomic E-state index is -0.858. The van der Waals surface area contributed by atoms with Crippen LogP contribution in [0.2, 0.25) is 0 Å². The van der Waals surface area contributed by atoms with Crippen molar-refractivity contribution in [2.45, 2.75) is 32.2 Å². The lowest BCUT2D eigenvalue weighted by Crippen LogP contribution is -2.48. The summed E-state index contributed by atoms with van der Waals surface area (Å²) in [5.41, 5.74) is 0.530. The van der Waals surface area contributed by atoms with Crippen molar-refractivity contribution >= 4 is 33.7 Å². The highest BCUT2D eigenvalue weighted by Crippen LogP contribution is 2.22. The maximum atomic E-state index is 12.3. The van der Waals surface area contributed by atoms with Crippen molar-refractivity contribution in [1.82, 2.24) is 10.2 Å². The van der Waals surface area contributed by atoms with E-state index in [9.17, 15) is 14.4 Å². The van der Waals surface area contributed by atoms with E-state index in [1.807, 2.05) is 6.92 Å². The molecule has 1 aromatic carbocycles. The van der Waals surface area contributed by atoms with Gasteiger partial charge in [0.05, 0.1) is 5.92 Å². The molecule has 0 bridgehead atoms. The predicted molar refractivity (Wildman–Crippen MR) is 92.6 cm³/mol. The molecule has 0 spiro atoms. The van der Waals surface area contributed by atoms with Gasteiger partial charge in [0.2, 0.25) is 5.91 Å². The van der Waals surface area contributed by atoms with Crippen LogP contribution in [0.5, 0.6) is 0 Å². The third-order valence-corrected chi connectivity index (χ3v) is 4.81. The van der Waals surface area contributed by atoms with Crippen LogP contribution in [0.15, 0.2) is 28.7 Å². The fraction of sp³-hybridized carbons (Fsp3) is 0.471. The van der Waals surface area contributed by atoms with E-state index in [2.05, 4.69) is 21.2 Å². The zero-order chi connectivity index (χ0) is 17.7. The molecule has 0 aromatic heterocycles. The predicted octanol–water partition coefficient (Wildman–Crippen LogP) is 2.28. The molecule has 6 nitrogen and oxygen atoms in total. The maximum Gasteiger partial charge on any atom is 0.308 e. The quantitative estimate of drug-likeness (QED) is 0.798. The number of halogens is 1. The summed E-state index contributed by atoms with van der Waals surface area (Å²) in [7, 11) is 0. The van der Waals surface area contributed by atoms with Crippen molar-refractivity contribution in [2.24, 2.45) is 5.92 Å². The maximum absolute atomic E-state index is 12.3. The number of nitrogens with one attached hydrogen (secondary N) is 1. The topological polar surface area (TPSA) is 86.7 Å². The molecular formula is C17H21BrN2O4. The summed E-state index contributed by atoms with van der Waals surface area (Å²) >= 11 is 3.31. The second kappa shape index (κ2) is 8.28. The van der Waals surface area contributed by atoms with Crippen LogP contribution < -0.4 is 5.32 Å². The fourth-order valence-corrected chi connectivity index (χ4v) is 3.05. The molecule has 0 radical (unpaired) electrons. The van der Waals surface area contributed by atoms with Crippen molar-refractivity contribution in [3.05, 3.63) is 34.3 Å². The molecule has 7 heteroatoms. The first-order valence-electron chi connectivity index (χ1n) is 7.94. The Labute approximate surface area is 149 Å². The van der Waals surface area contributed by atoms with E-state index in [1.54, 1.807) is 29.2 Å². The Morgan fingerprint density at radius 1 is 1.25 bits per heavy atom. The number of rotatable bonds is 5.